The molecule has 108 valence electrons. The van der Waals surface area contributed by atoms with Gasteiger partial charge in [0.2, 0.25) is 0 Å². The molecular weight excluding hydrogens is 254 g/mol. The molecule has 2 N–H and O–H groups in total. The van der Waals surface area contributed by atoms with Crippen LogP contribution < -0.4 is 15.2 Å². The highest BCUT2D eigenvalue weighted by atomic mass is 16.5. The number of ether oxygens (including phenoxy) is 2. The molecular formula is C15H21N3O2. The molecule has 0 saturated carbocycles. The number of methoxy groups -OCH3 is 2. The summed E-state index contributed by atoms with van der Waals surface area (Å²) < 4.78 is 12.7. The van der Waals surface area contributed by atoms with E-state index in [-0.39, 0.29) is 0 Å². The summed E-state index contributed by atoms with van der Waals surface area (Å²) in [6.07, 6.45) is 2.59. The second-order valence-corrected chi connectivity index (χ2v) is 4.48. The van der Waals surface area contributed by atoms with Crippen LogP contribution in [0, 0.1) is 0 Å². The molecule has 0 fully saturated rings. The Hall–Kier alpha value is -2.01. The lowest BCUT2D eigenvalue weighted by atomic mass is 10.1. The lowest BCUT2D eigenvalue weighted by Gasteiger charge is -2.11. The molecule has 5 heteroatoms. The van der Waals surface area contributed by atoms with Gasteiger partial charge in [-0.15, -0.1) is 0 Å². The van der Waals surface area contributed by atoms with Gasteiger partial charge in [-0.2, -0.15) is 0 Å². The van der Waals surface area contributed by atoms with E-state index in [0.717, 1.165) is 41.5 Å². The first kappa shape index (κ1) is 14.4. The first-order valence-corrected chi connectivity index (χ1v) is 6.67. The first-order chi connectivity index (χ1) is 9.73. The van der Waals surface area contributed by atoms with Gasteiger partial charge >= 0.3 is 0 Å². The Bertz CT molecular complexity index is 578. The Morgan fingerprint density at radius 1 is 1.20 bits per heavy atom. The van der Waals surface area contributed by atoms with Crippen molar-refractivity contribution in [2.24, 2.45) is 5.73 Å². The minimum Gasteiger partial charge on any atom is -0.493 e. The van der Waals surface area contributed by atoms with Gasteiger partial charge in [0.1, 0.15) is 5.82 Å². The van der Waals surface area contributed by atoms with Crippen LogP contribution in [0.25, 0.3) is 0 Å². The zero-order chi connectivity index (χ0) is 14.5. The van der Waals surface area contributed by atoms with Crippen LogP contribution in [-0.2, 0) is 19.5 Å². The minimum absolute atomic E-state index is 0.507. The van der Waals surface area contributed by atoms with E-state index in [1.807, 2.05) is 24.4 Å². The summed E-state index contributed by atoms with van der Waals surface area (Å²) in [6.45, 7) is 3.47. The van der Waals surface area contributed by atoms with Crippen LogP contribution in [0.5, 0.6) is 11.5 Å². The fraction of sp³-hybridized carbons (Fsp3) is 0.400. The maximum Gasteiger partial charge on any atom is 0.161 e. The van der Waals surface area contributed by atoms with Gasteiger partial charge in [-0.25, -0.2) is 4.98 Å². The van der Waals surface area contributed by atoms with E-state index < -0.39 is 0 Å². The van der Waals surface area contributed by atoms with E-state index in [1.165, 1.54) is 0 Å². The molecule has 1 aromatic heterocycles. The highest BCUT2D eigenvalue weighted by Crippen LogP contribution is 2.28. The van der Waals surface area contributed by atoms with Crippen molar-refractivity contribution in [1.29, 1.82) is 0 Å². The van der Waals surface area contributed by atoms with Gasteiger partial charge in [-0.05, 0) is 24.6 Å². The molecule has 0 unspecified atom stereocenters. The molecule has 0 radical (unpaired) electrons. The van der Waals surface area contributed by atoms with Crippen molar-refractivity contribution in [3.8, 4) is 11.5 Å². The van der Waals surface area contributed by atoms with Crippen molar-refractivity contribution < 1.29 is 9.47 Å². The monoisotopic (exact) mass is 275 g/mol. The molecule has 1 aromatic carbocycles. The van der Waals surface area contributed by atoms with Crippen molar-refractivity contribution >= 4 is 0 Å². The number of hydrogen-bond acceptors (Lipinski definition) is 4. The summed E-state index contributed by atoms with van der Waals surface area (Å²) in [7, 11) is 3.27. The SMILES string of the molecule is CCn1c(CN)cnc1Cc1ccc(OC)c(OC)c1. The summed E-state index contributed by atoms with van der Waals surface area (Å²) in [6, 6.07) is 5.92. The summed E-state index contributed by atoms with van der Waals surface area (Å²) in [4.78, 5) is 4.46. The number of rotatable bonds is 6. The number of nitrogens with two attached hydrogens (primary N) is 1. The quantitative estimate of drug-likeness (QED) is 0.875. The van der Waals surface area contributed by atoms with E-state index in [4.69, 9.17) is 15.2 Å². The van der Waals surface area contributed by atoms with Gasteiger partial charge in [-0.1, -0.05) is 6.07 Å². The molecule has 0 aliphatic heterocycles. The van der Waals surface area contributed by atoms with E-state index in [0.29, 0.717) is 6.54 Å². The standard InChI is InChI=1S/C15H21N3O2/c1-4-18-12(9-16)10-17-15(18)8-11-5-6-13(19-2)14(7-11)20-3/h5-7,10H,4,8-9,16H2,1-3H3. The predicted octanol–water partition coefficient (Wildman–Crippen LogP) is 1.97. The van der Waals surface area contributed by atoms with Crippen LogP contribution in [0.4, 0.5) is 0 Å². The first-order valence-electron chi connectivity index (χ1n) is 6.67. The maximum atomic E-state index is 5.72. The number of nitrogens with zero attached hydrogens (tertiary/aromatic N) is 2. The Labute approximate surface area is 119 Å². The van der Waals surface area contributed by atoms with Crippen LogP contribution in [0.15, 0.2) is 24.4 Å². The van der Waals surface area contributed by atoms with Gasteiger partial charge < -0.3 is 19.8 Å². The average molecular weight is 275 g/mol. The van der Waals surface area contributed by atoms with Crippen LogP contribution in [-0.4, -0.2) is 23.8 Å². The third kappa shape index (κ3) is 2.77. The van der Waals surface area contributed by atoms with E-state index in [9.17, 15) is 0 Å². The van der Waals surface area contributed by atoms with Crippen LogP contribution in [0.3, 0.4) is 0 Å². The summed E-state index contributed by atoms with van der Waals surface area (Å²) in [5, 5.41) is 0. The summed E-state index contributed by atoms with van der Waals surface area (Å²) in [5.41, 5.74) is 7.91. The molecule has 5 nitrogen and oxygen atoms in total. The number of benzene rings is 1. The molecule has 2 rings (SSSR count). The predicted molar refractivity (Wildman–Crippen MR) is 78.1 cm³/mol. The van der Waals surface area contributed by atoms with Crippen molar-refractivity contribution in [2.75, 3.05) is 14.2 Å². The van der Waals surface area contributed by atoms with Crippen LogP contribution in [0.2, 0.25) is 0 Å². The Kier molecular flexibility index (Phi) is 4.63. The zero-order valence-electron chi connectivity index (χ0n) is 12.2. The van der Waals surface area contributed by atoms with Crippen molar-refractivity contribution in [2.45, 2.75) is 26.4 Å². The van der Waals surface area contributed by atoms with Gasteiger partial charge in [0.05, 0.1) is 19.9 Å². The van der Waals surface area contributed by atoms with Gasteiger partial charge in [0.25, 0.3) is 0 Å². The number of hydrogen-bond donors (Lipinski definition) is 1. The van der Waals surface area contributed by atoms with E-state index >= 15 is 0 Å². The van der Waals surface area contributed by atoms with Crippen molar-refractivity contribution in [1.82, 2.24) is 9.55 Å². The summed E-state index contributed by atoms with van der Waals surface area (Å²) in [5.74, 6) is 2.48. The molecule has 0 saturated heterocycles. The molecule has 0 spiro atoms. The molecule has 2 aromatic rings. The highest BCUT2D eigenvalue weighted by molar-refractivity contribution is 5.43. The van der Waals surface area contributed by atoms with Crippen molar-refractivity contribution in [3.63, 3.8) is 0 Å². The second kappa shape index (κ2) is 6.43. The van der Waals surface area contributed by atoms with Crippen LogP contribution >= 0.6 is 0 Å². The molecule has 0 atom stereocenters. The maximum absolute atomic E-state index is 5.72. The third-order valence-corrected chi connectivity index (χ3v) is 3.36. The molecule has 0 amide bonds. The van der Waals surface area contributed by atoms with Crippen molar-refractivity contribution in [3.05, 3.63) is 41.5 Å². The zero-order valence-corrected chi connectivity index (χ0v) is 12.2. The number of imidazole rings is 1. The Morgan fingerprint density at radius 2 is 1.95 bits per heavy atom. The molecule has 20 heavy (non-hydrogen) atoms. The molecule has 0 aliphatic carbocycles. The summed E-state index contributed by atoms with van der Waals surface area (Å²) >= 11 is 0. The second-order valence-electron chi connectivity index (χ2n) is 4.48. The highest BCUT2D eigenvalue weighted by Gasteiger charge is 2.10. The largest absolute Gasteiger partial charge is 0.493 e. The lowest BCUT2D eigenvalue weighted by Crippen LogP contribution is -2.09. The molecule has 0 bridgehead atoms. The topological polar surface area (TPSA) is 62.3 Å². The minimum atomic E-state index is 0.507. The van der Waals surface area contributed by atoms with Gasteiger partial charge in [0.15, 0.2) is 11.5 Å². The van der Waals surface area contributed by atoms with Crippen LogP contribution in [0.1, 0.15) is 24.0 Å². The lowest BCUT2D eigenvalue weighted by molar-refractivity contribution is 0.354. The fourth-order valence-electron chi connectivity index (χ4n) is 2.32. The van der Waals surface area contributed by atoms with Gasteiger partial charge in [0, 0.05) is 25.7 Å². The molecule has 0 aliphatic rings. The average Bonchev–Trinajstić information content (AvgIpc) is 2.88. The fourth-order valence-corrected chi connectivity index (χ4v) is 2.32. The molecule has 1 heterocycles. The number of aromatic nitrogens is 2. The van der Waals surface area contributed by atoms with E-state index in [2.05, 4.69) is 16.5 Å². The Balaban J connectivity index is 2.28. The van der Waals surface area contributed by atoms with Gasteiger partial charge in [-0.3, -0.25) is 0 Å². The normalized spacial score (nSPS) is 10.6. The van der Waals surface area contributed by atoms with E-state index in [1.54, 1.807) is 14.2 Å². The Morgan fingerprint density at radius 3 is 2.55 bits per heavy atom. The third-order valence-electron chi connectivity index (χ3n) is 3.36. The smallest absolute Gasteiger partial charge is 0.161 e.